The number of rotatable bonds is 4. The molecule has 10 heteroatoms. The Hall–Kier alpha value is -2.32. The van der Waals surface area contributed by atoms with Crippen LogP contribution in [-0.4, -0.2) is 16.7 Å². The van der Waals surface area contributed by atoms with Crippen molar-refractivity contribution in [2.24, 2.45) is 5.10 Å². The predicted molar refractivity (Wildman–Crippen MR) is 87.9 cm³/mol. The molecule has 25 heavy (non-hydrogen) atoms. The number of hydrazone groups is 1. The van der Waals surface area contributed by atoms with Gasteiger partial charge in [0.15, 0.2) is 0 Å². The summed E-state index contributed by atoms with van der Waals surface area (Å²) in [6.45, 7) is -0.610. The van der Waals surface area contributed by atoms with Gasteiger partial charge in [-0.05, 0) is 23.8 Å². The molecule has 132 valence electrons. The molecule has 0 saturated heterocycles. The monoisotopic (exact) mass is 391 g/mol. The van der Waals surface area contributed by atoms with E-state index < -0.39 is 29.8 Å². The second-order valence-electron chi connectivity index (χ2n) is 4.85. The molecule has 1 N–H and O–H groups in total. The van der Waals surface area contributed by atoms with Gasteiger partial charge in [-0.1, -0.05) is 29.3 Å². The van der Waals surface area contributed by atoms with E-state index in [-0.39, 0.29) is 0 Å². The fourth-order valence-corrected chi connectivity index (χ4v) is 2.09. The van der Waals surface area contributed by atoms with Gasteiger partial charge in [-0.25, -0.2) is 5.43 Å². The first-order valence-corrected chi connectivity index (χ1v) is 7.47. The van der Waals surface area contributed by atoms with Gasteiger partial charge in [0, 0.05) is 12.3 Å². The van der Waals surface area contributed by atoms with Crippen LogP contribution in [0.4, 0.5) is 13.2 Å². The van der Waals surface area contributed by atoms with Crippen LogP contribution < -0.4 is 11.0 Å². The molecule has 0 spiro atoms. The summed E-state index contributed by atoms with van der Waals surface area (Å²) in [6.07, 6.45) is -2.77. The molecule has 0 aliphatic carbocycles. The highest BCUT2D eigenvalue weighted by Gasteiger charge is 2.31. The van der Waals surface area contributed by atoms with Crippen molar-refractivity contribution < 1.29 is 18.0 Å². The third-order valence-corrected chi connectivity index (χ3v) is 3.71. The number of nitrogens with zero attached hydrogens (tertiary/aromatic N) is 2. The Morgan fingerprint density at radius 1 is 1.20 bits per heavy atom. The second-order valence-corrected chi connectivity index (χ2v) is 5.66. The summed E-state index contributed by atoms with van der Waals surface area (Å²) >= 11 is 11.6. The van der Waals surface area contributed by atoms with E-state index in [4.69, 9.17) is 23.2 Å². The number of benzene rings is 1. The van der Waals surface area contributed by atoms with Gasteiger partial charge in [0.2, 0.25) is 0 Å². The molecule has 0 radical (unpaired) electrons. The van der Waals surface area contributed by atoms with Gasteiger partial charge < -0.3 is 4.57 Å². The molecule has 0 atom stereocenters. The minimum absolute atomic E-state index is 0.299. The lowest BCUT2D eigenvalue weighted by atomic mass is 10.2. The number of hydrogen-bond acceptors (Lipinski definition) is 3. The third kappa shape index (κ3) is 5.33. The minimum atomic E-state index is -4.61. The zero-order valence-electron chi connectivity index (χ0n) is 12.3. The summed E-state index contributed by atoms with van der Waals surface area (Å²) in [6, 6.07) is 6.04. The summed E-state index contributed by atoms with van der Waals surface area (Å²) in [5, 5.41) is 4.30. The van der Waals surface area contributed by atoms with E-state index >= 15 is 0 Å². The van der Waals surface area contributed by atoms with Crippen LogP contribution in [0, 0.1) is 0 Å². The number of halogens is 5. The second kappa shape index (κ2) is 7.71. The van der Waals surface area contributed by atoms with Crippen LogP contribution in [0.5, 0.6) is 0 Å². The average Bonchev–Trinajstić information content (AvgIpc) is 2.52. The lowest BCUT2D eigenvalue weighted by Crippen LogP contribution is -2.30. The Kier molecular flexibility index (Phi) is 5.86. The first kappa shape index (κ1) is 19.0. The van der Waals surface area contributed by atoms with E-state index in [0.29, 0.717) is 32.4 Å². The summed E-state index contributed by atoms with van der Waals surface area (Å²) < 4.78 is 38.5. The molecule has 0 aliphatic heterocycles. The van der Waals surface area contributed by atoms with Crippen molar-refractivity contribution in [1.29, 1.82) is 0 Å². The molecule has 1 aromatic heterocycles. The van der Waals surface area contributed by atoms with E-state index in [1.165, 1.54) is 18.3 Å². The van der Waals surface area contributed by atoms with Crippen molar-refractivity contribution in [2.75, 3.05) is 0 Å². The minimum Gasteiger partial charge on any atom is -0.305 e. The summed E-state index contributed by atoms with van der Waals surface area (Å²) in [4.78, 5) is 23.3. The fourth-order valence-electron chi connectivity index (χ4n) is 1.78. The van der Waals surface area contributed by atoms with Crippen molar-refractivity contribution in [3.05, 3.63) is 68.1 Å². The van der Waals surface area contributed by atoms with Gasteiger partial charge in [0.25, 0.3) is 11.5 Å². The maximum atomic E-state index is 12.6. The highest BCUT2D eigenvalue weighted by molar-refractivity contribution is 6.42. The standard InChI is InChI=1S/C15H10Cl2F3N3O2/c16-11-3-1-9(5-12(11)17)6-21-22-13(24)8-23-7-10(15(18,19)20)2-4-14(23)25/h1-7H,8H2,(H,22,24)/b21-6-. The van der Waals surface area contributed by atoms with Crippen LogP contribution in [0.25, 0.3) is 0 Å². The highest BCUT2D eigenvalue weighted by Crippen LogP contribution is 2.28. The zero-order chi connectivity index (χ0) is 18.6. The Labute approximate surface area is 149 Å². The van der Waals surface area contributed by atoms with E-state index in [0.717, 1.165) is 6.07 Å². The first-order chi connectivity index (χ1) is 11.7. The van der Waals surface area contributed by atoms with Gasteiger partial charge in [-0.15, -0.1) is 0 Å². The molecule has 2 rings (SSSR count). The topological polar surface area (TPSA) is 63.5 Å². The van der Waals surface area contributed by atoms with Crippen molar-refractivity contribution >= 4 is 35.3 Å². The Bertz CT molecular complexity index is 879. The molecule has 1 aromatic carbocycles. The quantitative estimate of drug-likeness (QED) is 0.641. The summed E-state index contributed by atoms with van der Waals surface area (Å²) in [5.41, 5.74) is 0.892. The first-order valence-electron chi connectivity index (χ1n) is 6.71. The molecule has 0 unspecified atom stereocenters. The van der Waals surface area contributed by atoms with E-state index in [9.17, 15) is 22.8 Å². The number of pyridine rings is 1. The molecule has 1 heterocycles. The van der Waals surface area contributed by atoms with Gasteiger partial charge in [0.05, 0.1) is 21.8 Å². The van der Waals surface area contributed by atoms with E-state index in [2.05, 4.69) is 10.5 Å². The smallest absolute Gasteiger partial charge is 0.305 e. The van der Waals surface area contributed by atoms with E-state index in [1.54, 1.807) is 6.07 Å². The average molecular weight is 392 g/mol. The highest BCUT2D eigenvalue weighted by atomic mass is 35.5. The van der Waals surface area contributed by atoms with Crippen LogP contribution in [0.2, 0.25) is 10.0 Å². The number of carbonyl (C=O) groups is 1. The molecule has 0 saturated carbocycles. The molecule has 0 bridgehead atoms. The molecular weight excluding hydrogens is 382 g/mol. The molecule has 1 amide bonds. The largest absolute Gasteiger partial charge is 0.417 e. The number of aromatic nitrogens is 1. The van der Waals surface area contributed by atoms with Gasteiger partial charge in [-0.2, -0.15) is 18.3 Å². The van der Waals surface area contributed by atoms with E-state index in [1.807, 2.05) is 0 Å². The Morgan fingerprint density at radius 2 is 1.92 bits per heavy atom. The SMILES string of the molecule is O=C(Cn1cc(C(F)(F)F)ccc1=O)N/N=C\c1ccc(Cl)c(Cl)c1. The van der Waals surface area contributed by atoms with Crippen LogP contribution in [0.1, 0.15) is 11.1 Å². The molecule has 0 fully saturated rings. The van der Waals surface area contributed by atoms with Crippen molar-refractivity contribution in [1.82, 2.24) is 9.99 Å². The maximum Gasteiger partial charge on any atom is 0.417 e. The Balaban J connectivity index is 2.04. The predicted octanol–water partition coefficient (Wildman–Crippen LogP) is 3.32. The summed E-state index contributed by atoms with van der Waals surface area (Å²) in [7, 11) is 0. The summed E-state index contributed by atoms with van der Waals surface area (Å²) in [5.74, 6) is -0.766. The maximum absolute atomic E-state index is 12.6. The van der Waals surface area contributed by atoms with Gasteiger partial charge >= 0.3 is 6.18 Å². The van der Waals surface area contributed by atoms with Crippen molar-refractivity contribution in [2.45, 2.75) is 12.7 Å². The number of nitrogens with one attached hydrogen (secondary N) is 1. The van der Waals surface area contributed by atoms with Crippen LogP contribution in [0.15, 0.2) is 46.4 Å². The van der Waals surface area contributed by atoms with Crippen LogP contribution in [0.3, 0.4) is 0 Å². The zero-order valence-corrected chi connectivity index (χ0v) is 13.9. The molecule has 5 nitrogen and oxygen atoms in total. The van der Waals surface area contributed by atoms with Gasteiger partial charge in [0.1, 0.15) is 6.54 Å². The van der Waals surface area contributed by atoms with Crippen LogP contribution >= 0.6 is 23.2 Å². The third-order valence-electron chi connectivity index (χ3n) is 2.97. The Morgan fingerprint density at radius 3 is 2.56 bits per heavy atom. The molecule has 2 aromatic rings. The number of hydrogen-bond donors (Lipinski definition) is 1. The fraction of sp³-hybridized carbons (Fsp3) is 0.133. The lowest BCUT2D eigenvalue weighted by molar-refractivity contribution is -0.138. The van der Waals surface area contributed by atoms with Crippen LogP contribution in [-0.2, 0) is 17.5 Å². The van der Waals surface area contributed by atoms with Crippen molar-refractivity contribution in [3.63, 3.8) is 0 Å². The number of carbonyl (C=O) groups excluding carboxylic acids is 1. The normalized spacial score (nSPS) is 11.7. The molecular formula is C15H10Cl2F3N3O2. The number of amides is 1. The lowest BCUT2D eigenvalue weighted by Gasteiger charge is -2.09. The molecule has 0 aliphatic rings. The number of alkyl halides is 3. The van der Waals surface area contributed by atoms with Crippen molar-refractivity contribution in [3.8, 4) is 0 Å². The van der Waals surface area contributed by atoms with Gasteiger partial charge in [-0.3, -0.25) is 9.59 Å².